The van der Waals surface area contributed by atoms with Gasteiger partial charge in [-0.25, -0.2) is 0 Å². The molecule has 1 amide bonds. The molecule has 1 rings (SSSR count). The van der Waals surface area contributed by atoms with Crippen LogP contribution in [0.3, 0.4) is 0 Å². The highest BCUT2D eigenvalue weighted by Gasteiger charge is 2.23. The van der Waals surface area contributed by atoms with E-state index in [-0.39, 0.29) is 24.6 Å². The molecule has 94 valence electrons. The monoisotopic (exact) mass is 230 g/mol. The third-order valence-electron chi connectivity index (χ3n) is 2.82. The van der Waals surface area contributed by atoms with Crippen molar-refractivity contribution >= 4 is 5.91 Å². The van der Waals surface area contributed by atoms with Crippen molar-refractivity contribution < 1.29 is 14.6 Å². The van der Waals surface area contributed by atoms with Crippen LogP contribution in [-0.2, 0) is 9.53 Å². The fourth-order valence-electron chi connectivity index (χ4n) is 1.95. The van der Waals surface area contributed by atoms with Gasteiger partial charge in [-0.05, 0) is 25.7 Å². The Hall–Kier alpha value is -0.650. The van der Waals surface area contributed by atoms with Gasteiger partial charge in [-0.1, -0.05) is 0 Å². The van der Waals surface area contributed by atoms with Crippen LogP contribution in [0.2, 0.25) is 0 Å². The molecule has 0 saturated carbocycles. The van der Waals surface area contributed by atoms with Gasteiger partial charge in [-0.15, -0.1) is 0 Å². The molecule has 16 heavy (non-hydrogen) atoms. The molecule has 0 radical (unpaired) electrons. The zero-order valence-corrected chi connectivity index (χ0v) is 9.87. The smallest absolute Gasteiger partial charge is 0.237 e. The molecule has 1 fully saturated rings. The maximum absolute atomic E-state index is 11.7. The van der Waals surface area contributed by atoms with Gasteiger partial charge < -0.3 is 20.5 Å². The molecule has 2 atom stereocenters. The van der Waals surface area contributed by atoms with Crippen LogP contribution >= 0.6 is 0 Å². The first-order valence-corrected chi connectivity index (χ1v) is 5.91. The first kappa shape index (κ1) is 13.4. The van der Waals surface area contributed by atoms with Gasteiger partial charge in [0.2, 0.25) is 5.91 Å². The van der Waals surface area contributed by atoms with E-state index < -0.39 is 0 Å². The second-order valence-electron chi connectivity index (χ2n) is 4.17. The van der Waals surface area contributed by atoms with Crippen LogP contribution in [-0.4, -0.2) is 50.0 Å². The minimum Gasteiger partial charge on any atom is -0.396 e. The molecule has 0 spiro atoms. The van der Waals surface area contributed by atoms with E-state index in [9.17, 15) is 4.79 Å². The Morgan fingerprint density at radius 1 is 1.62 bits per heavy atom. The van der Waals surface area contributed by atoms with Gasteiger partial charge in [0.25, 0.3) is 0 Å². The summed E-state index contributed by atoms with van der Waals surface area (Å²) in [5.74, 6) is 0.0662. The molecule has 0 aromatic rings. The summed E-state index contributed by atoms with van der Waals surface area (Å²) in [5, 5.41) is 15.0. The maximum Gasteiger partial charge on any atom is 0.237 e. The summed E-state index contributed by atoms with van der Waals surface area (Å²) >= 11 is 0. The van der Waals surface area contributed by atoms with Crippen molar-refractivity contribution in [3.05, 3.63) is 0 Å². The molecular formula is C11H22N2O3. The summed E-state index contributed by atoms with van der Waals surface area (Å²) in [7, 11) is 1.62. The number of nitrogens with one attached hydrogen (secondary N) is 2. The quantitative estimate of drug-likeness (QED) is 0.583. The van der Waals surface area contributed by atoms with Crippen LogP contribution in [0.1, 0.15) is 25.7 Å². The zero-order chi connectivity index (χ0) is 11.8. The molecule has 5 nitrogen and oxygen atoms in total. The number of carbonyl (C=O) groups excluding carboxylic acids is 1. The van der Waals surface area contributed by atoms with Crippen molar-refractivity contribution in [2.24, 2.45) is 0 Å². The predicted octanol–water partition coefficient (Wildman–Crippen LogP) is -0.358. The van der Waals surface area contributed by atoms with Crippen molar-refractivity contribution in [2.75, 3.05) is 26.9 Å². The Morgan fingerprint density at radius 2 is 2.44 bits per heavy atom. The highest BCUT2D eigenvalue weighted by molar-refractivity contribution is 5.81. The Morgan fingerprint density at radius 3 is 3.12 bits per heavy atom. The third-order valence-corrected chi connectivity index (χ3v) is 2.82. The average molecular weight is 230 g/mol. The molecule has 1 aliphatic heterocycles. The van der Waals surface area contributed by atoms with E-state index >= 15 is 0 Å². The number of hydrogen-bond donors (Lipinski definition) is 3. The van der Waals surface area contributed by atoms with E-state index in [0.29, 0.717) is 13.0 Å². The highest BCUT2D eigenvalue weighted by atomic mass is 16.5. The zero-order valence-electron chi connectivity index (χ0n) is 9.87. The van der Waals surface area contributed by atoms with Crippen molar-refractivity contribution in [3.8, 4) is 0 Å². The van der Waals surface area contributed by atoms with Gasteiger partial charge in [0, 0.05) is 26.3 Å². The fourth-order valence-corrected chi connectivity index (χ4v) is 1.95. The summed E-state index contributed by atoms with van der Waals surface area (Å²) in [5.41, 5.74) is 0. The first-order valence-electron chi connectivity index (χ1n) is 5.91. The molecule has 3 N–H and O–H groups in total. The molecule has 5 heteroatoms. The first-order chi connectivity index (χ1) is 7.77. The minimum absolute atomic E-state index is 0.0452. The van der Waals surface area contributed by atoms with Gasteiger partial charge in [0.1, 0.15) is 0 Å². The standard InChI is InChI=1S/C11H22N2O3/c1-16-8-9(5-7-14)13-10-4-2-3-6-12-11(10)15/h9-10,13-14H,2-8H2,1H3,(H,12,15). The second kappa shape index (κ2) is 7.60. The van der Waals surface area contributed by atoms with Crippen LogP contribution in [0.5, 0.6) is 0 Å². The summed E-state index contributed by atoms with van der Waals surface area (Å²) in [4.78, 5) is 11.7. The topological polar surface area (TPSA) is 70.6 Å². The van der Waals surface area contributed by atoms with E-state index in [4.69, 9.17) is 9.84 Å². The maximum atomic E-state index is 11.7. The predicted molar refractivity (Wildman–Crippen MR) is 61.2 cm³/mol. The lowest BCUT2D eigenvalue weighted by Gasteiger charge is -2.22. The lowest BCUT2D eigenvalue weighted by atomic mass is 10.1. The number of aliphatic hydroxyl groups excluding tert-OH is 1. The van der Waals surface area contributed by atoms with E-state index in [2.05, 4.69) is 10.6 Å². The molecule has 2 unspecified atom stereocenters. The molecule has 1 saturated heterocycles. The van der Waals surface area contributed by atoms with Crippen molar-refractivity contribution in [2.45, 2.75) is 37.8 Å². The largest absolute Gasteiger partial charge is 0.396 e. The minimum atomic E-state index is -0.144. The van der Waals surface area contributed by atoms with Crippen LogP contribution in [0, 0.1) is 0 Å². The van der Waals surface area contributed by atoms with Gasteiger partial charge in [-0.3, -0.25) is 4.79 Å². The van der Waals surface area contributed by atoms with E-state index in [0.717, 1.165) is 25.8 Å². The molecular weight excluding hydrogens is 208 g/mol. The lowest BCUT2D eigenvalue weighted by Crippen LogP contribution is -2.49. The molecule has 0 bridgehead atoms. The molecule has 1 heterocycles. The third kappa shape index (κ3) is 4.47. The van der Waals surface area contributed by atoms with E-state index in [1.165, 1.54) is 0 Å². The number of aliphatic hydroxyl groups is 1. The second-order valence-corrected chi connectivity index (χ2v) is 4.17. The van der Waals surface area contributed by atoms with E-state index in [1.807, 2.05) is 0 Å². The molecule has 0 aliphatic carbocycles. The van der Waals surface area contributed by atoms with Crippen molar-refractivity contribution in [3.63, 3.8) is 0 Å². The summed E-state index contributed by atoms with van der Waals surface area (Å²) < 4.78 is 5.06. The SMILES string of the molecule is COCC(CCO)NC1CCCCNC1=O. The number of ether oxygens (including phenoxy) is 1. The van der Waals surface area contributed by atoms with Crippen LogP contribution in [0.4, 0.5) is 0 Å². The van der Waals surface area contributed by atoms with Crippen molar-refractivity contribution in [1.82, 2.24) is 10.6 Å². The van der Waals surface area contributed by atoms with Gasteiger partial charge in [0.05, 0.1) is 12.6 Å². The Kier molecular flexibility index (Phi) is 6.37. The fraction of sp³-hybridized carbons (Fsp3) is 0.909. The van der Waals surface area contributed by atoms with Crippen molar-refractivity contribution in [1.29, 1.82) is 0 Å². The summed E-state index contributed by atoms with van der Waals surface area (Å²) in [6.45, 7) is 1.39. The molecule has 1 aliphatic rings. The van der Waals surface area contributed by atoms with Gasteiger partial charge in [-0.2, -0.15) is 0 Å². The number of methoxy groups -OCH3 is 1. The number of rotatable bonds is 6. The number of amides is 1. The Bertz CT molecular complexity index is 205. The molecule has 0 aromatic carbocycles. The molecule has 0 aromatic heterocycles. The lowest BCUT2D eigenvalue weighted by molar-refractivity contribution is -0.123. The van der Waals surface area contributed by atoms with Gasteiger partial charge >= 0.3 is 0 Å². The highest BCUT2D eigenvalue weighted by Crippen LogP contribution is 2.07. The number of hydrogen-bond acceptors (Lipinski definition) is 4. The average Bonchev–Trinajstić information content (AvgIpc) is 2.45. The van der Waals surface area contributed by atoms with Gasteiger partial charge in [0.15, 0.2) is 0 Å². The Balaban J connectivity index is 2.43. The van der Waals surface area contributed by atoms with Crippen LogP contribution in [0.25, 0.3) is 0 Å². The van der Waals surface area contributed by atoms with Crippen LogP contribution < -0.4 is 10.6 Å². The Labute approximate surface area is 96.6 Å². The normalized spacial score (nSPS) is 23.6. The summed E-state index contributed by atoms with van der Waals surface area (Å²) in [6.07, 6.45) is 3.56. The summed E-state index contributed by atoms with van der Waals surface area (Å²) in [6, 6.07) is -0.0990. The van der Waals surface area contributed by atoms with E-state index in [1.54, 1.807) is 7.11 Å². The van der Waals surface area contributed by atoms with Crippen LogP contribution in [0.15, 0.2) is 0 Å². The number of carbonyl (C=O) groups is 1.